The van der Waals surface area contributed by atoms with Gasteiger partial charge >= 0.3 is 0 Å². The molecule has 0 atom stereocenters. The van der Waals surface area contributed by atoms with E-state index in [0.717, 1.165) is 27.7 Å². The van der Waals surface area contributed by atoms with Crippen molar-refractivity contribution in [3.63, 3.8) is 0 Å². The Morgan fingerprint density at radius 3 is 2.46 bits per heavy atom. The van der Waals surface area contributed by atoms with Gasteiger partial charge in [0.1, 0.15) is 6.54 Å². The van der Waals surface area contributed by atoms with Crippen LogP contribution in [0.3, 0.4) is 0 Å². The van der Waals surface area contributed by atoms with Crippen molar-refractivity contribution >= 4 is 39.5 Å². The Hall–Kier alpha value is -2.40. The van der Waals surface area contributed by atoms with Crippen LogP contribution in [0.2, 0.25) is 0 Å². The number of amides is 2. The molecular formula is C21H23BrN2O2. The third-order valence-electron chi connectivity index (χ3n) is 3.85. The number of hydrogen-bond donors (Lipinski definition) is 1. The first-order valence-electron chi connectivity index (χ1n) is 8.57. The van der Waals surface area contributed by atoms with E-state index in [2.05, 4.69) is 21.2 Å². The van der Waals surface area contributed by atoms with Crippen LogP contribution >= 0.6 is 15.9 Å². The predicted molar refractivity (Wildman–Crippen MR) is 110 cm³/mol. The van der Waals surface area contributed by atoms with Gasteiger partial charge < -0.3 is 10.2 Å². The van der Waals surface area contributed by atoms with E-state index < -0.39 is 0 Å². The highest BCUT2D eigenvalue weighted by Gasteiger charge is 2.14. The predicted octanol–water partition coefficient (Wildman–Crippen LogP) is 4.65. The second-order valence-corrected chi connectivity index (χ2v) is 6.92. The lowest BCUT2D eigenvalue weighted by Gasteiger charge is -2.20. The molecule has 0 heterocycles. The van der Waals surface area contributed by atoms with Gasteiger partial charge in [-0.15, -0.1) is 0 Å². The molecule has 2 aromatic rings. The van der Waals surface area contributed by atoms with Gasteiger partial charge in [-0.2, -0.15) is 0 Å². The van der Waals surface area contributed by atoms with Crippen molar-refractivity contribution in [2.45, 2.75) is 20.3 Å². The summed E-state index contributed by atoms with van der Waals surface area (Å²) < 4.78 is 0.987. The van der Waals surface area contributed by atoms with Gasteiger partial charge in [0.25, 0.3) is 0 Å². The Balaban J connectivity index is 2.00. The van der Waals surface area contributed by atoms with E-state index in [-0.39, 0.29) is 18.4 Å². The zero-order chi connectivity index (χ0) is 18.9. The van der Waals surface area contributed by atoms with Crippen LogP contribution in [0.5, 0.6) is 0 Å². The number of anilines is 1. The van der Waals surface area contributed by atoms with E-state index >= 15 is 0 Å². The molecule has 0 aliphatic carbocycles. The standard InChI is InChI=1S/C21H23BrN2O2/c1-3-14-24(15-20(25)23-19-7-5-4-6-16(19)2)21(26)13-10-17-8-11-18(22)12-9-17/h4-13H,3,14-15H2,1-2H3,(H,23,25)/b13-10+. The number of rotatable bonds is 7. The van der Waals surface area contributed by atoms with E-state index in [1.807, 2.05) is 62.4 Å². The zero-order valence-corrected chi connectivity index (χ0v) is 16.6. The number of para-hydroxylation sites is 1. The molecule has 0 unspecified atom stereocenters. The van der Waals surface area contributed by atoms with Crippen LogP contribution in [0.1, 0.15) is 24.5 Å². The Labute approximate surface area is 163 Å². The normalized spacial score (nSPS) is 10.7. The first-order chi connectivity index (χ1) is 12.5. The molecule has 0 radical (unpaired) electrons. The smallest absolute Gasteiger partial charge is 0.247 e. The summed E-state index contributed by atoms with van der Waals surface area (Å²) in [6.07, 6.45) is 4.06. The van der Waals surface area contributed by atoms with Crippen LogP contribution in [0.25, 0.3) is 6.08 Å². The number of carbonyl (C=O) groups excluding carboxylic acids is 2. The zero-order valence-electron chi connectivity index (χ0n) is 15.0. The van der Waals surface area contributed by atoms with Gasteiger partial charge in [0.15, 0.2) is 0 Å². The first-order valence-corrected chi connectivity index (χ1v) is 9.37. The maximum Gasteiger partial charge on any atom is 0.247 e. The first kappa shape index (κ1) is 19.9. The van der Waals surface area contributed by atoms with Crippen molar-refractivity contribution in [2.75, 3.05) is 18.4 Å². The van der Waals surface area contributed by atoms with Crippen molar-refractivity contribution < 1.29 is 9.59 Å². The number of nitrogens with zero attached hydrogens (tertiary/aromatic N) is 1. The van der Waals surface area contributed by atoms with Gasteiger partial charge in [0, 0.05) is 22.8 Å². The summed E-state index contributed by atoms with van der Waals surface area (Å²) in [5.74, 6) is -0.368. The third-order valence-corrected chi connectivity index (χ3v) is 4.38. The Kier molecular flexibility index (Phi) is 7.60. The maximum absolute atomic E-state index is 12.5. The Morgan fingerprint density at radius 2 is 1.81 bits per heavy atom. The van der Waals surface area contributed by atoms with Crippen LogP contribution in [0.15, 0.2) is 59.1 Å². The summed E-state index contributed by atoms with van der Waals surface area (Å²) in [4.78, 5) is 26.4. The number of nitrogens with one attached hydrogen (secondary N) is 1. The highest BCUT2D eigenvalue weighted by atomic mass is 79.9. The summed E-state index contributed by atoms with van der Waals surface area (Å²) >= 11 is 3.38. The molecule has 0 fully saturated rings. The van der Waals surface area contributed by atoms with E-state index in [1.54, 1.807) is 11.0 Å². The van der Waals surface area contributed by atoms with Gasteiger partial charge in [-0.3, -0.25) is 9.59 Å². The highest BCUT2D eigenvalue weighted by molar-refractivity contribution is 9.10. The monoisotopic (exact) mass is 414 g/mol. The molecule has 0 aliphatic heterocycles. The van der Waals surface area contributed by atoms with Crippen molar-refractivity contribution in [2.24, 2.45) is 0 Å². The second kappa shape index (κ2) is 9.92. The molecule has 0 spiro atoms. The molecule has 0 saturated heterocycles. The van der Waals surface area contributed by atoms with Gasteiger partial charge in [-0.05, 0) is 48.7 Å². The Morgan fingerprint density at radius 1 is 1.12 bits per heavy atom. The molecule has 2 rings (SSSR count). The fraction of sp³-hybridized carbons (Fsp3) is 0.238. The lowest BCUT2D eigenvalue weighted by molar-refractivity contribution is -0.130. The highest BCUT2D eigenvalue weighted by Crippen LogP contribution is 2.14. The van der Waals surface area contributed by atoms with E-state index in [4.69, 9.17) is 0 Å². The minimum Gasteiger partial charge on any atom is -0.330 e. The molecule has 0 saturated carbocycles. The van der Waals surface area contributed by atoms with Crippen molar-refractivity contribution in [3.05, 3.63) is 70.2 Å². The number of carbonyl (C=O) groups is 2. The maximum atomic E-state index is 12.5. The molecule has 136 valence electrons. The van der Waals surface area contributed by atoms with Crippen LogP contribution in [0, 0.1) is 6.92 Å². The molecule has 0 aliphatic rings. The molecule has 4 nitrogen and oxygen atoms in total. The summed E-state index contributed by atoms with van der Waals surface area (Å²) in [7, 11) is 0. The SMILES string of the molecule is CCCN(CC(=O)Nc1ccccc1C)C(=O)/C=C/c1ccc(Br)cc1. The number of halogens is 1. The summed E-state index contributed by atoms with van der Waals surface area (Å²) in [5.41, 5.74) is 2.69. The lowest BCUT2D eigenvalue weighted by atomic mass is 10.2. The summed E-state index contributed by atoms with van der Waals surface area (Å²) in [6.45, 7) is 4.49. The molecular weight excluding hydrogens is 392 g/mol. The summed E-state index contributed by atoms with van der Waals surface area (Å²) in [6, 6.07) is 15.3. The summed E-state index contributed by atoms with van der Waals surface area (Å²) in [5, 5.41) is 2.87. The third kappa shape index (κ3) is 6.15. The van der Waals surface area contributed by atoms with Crippen LogP contribution < -0.4 is 5.32 Å². The fourth-order valence-electron chi connectivity index (χ4n) is 2.46. The minimum absolute atomic E-state index is 0.0334. The molecule has 5 heteroatoms. The van der Waals surface area contributed by atoms with E-state index in [9.17, 15) is 9.59 Å². The van der Waals surface area contributed by atoms with Crippen LogP contribution in [-0.4, -0.2) is 29.8 Å². The van der Waals surface area contributed by atoms with Gasteiger partial charge in [0.2, 0.25) is 11.8 Å². The molecule has 2 amide bonds. The number of benzene rings is 2. The largest absolute Gasteiger partial charge is 0.330 e. The second-order valence-electron chi connectivity index (χ2n) is 6.01. The van der Waals surface area contributed by atoms with Crippen LogP contribution in [-0.2, 0) is 9.59 Å². The lowest BCUT2D eigenvalue weighted by Crippen LogP contribution is -2.37. The average Bonchev–Trinajstić information content (AvgIpc) is 2.62. The fourth-order valence-corrected chi connectivity index (χ4v) is 2.72. The van der Waals surface area contributed by atoms with E-state index in [0.29, 0.717) is 6.54 Å². The minimum atomic E-state index is -0.196. The average molecular weight is 415 g/mol. The molecule has 1 N–H and O–H groups in total. The molecule has 0 bridgehead atoms. The van der Waals surface area contributed by atoms with Crippen molar-refractivity contribution in [1.29, 1.82) is 0 Å². The molecule has 2 aromatic carbocycles. The number of hydrogen-bond acceptors (Lipinski definition) is 2. The molecule has 0 aromatic heterocycles. The van der Waals surface area contributed by atoms with Gasteiger partial charge in [-0.25, -0.2) is 0 Å². The van der Waals surface area contributed by atoms with Crippen LogP contribution in [0.4, 0.5) is 5.69 Å². The quantitative estimate of drug-likeness (QED) is 0.670. The van der Waals surface area contributed by atoms with Crippen molar-refractivity contribution in [1.82, 2.24) is 4.90 Å². The Bertz CT molecular complexity index is 785. The van der Waals surface area contributed by atoms with Crippen molar-refractivity contribution in [3.8, 4) is 0 Å². The number of aryl methyl sites for hydroxylation is 1. The molecule has 26 heavy (non-hydrogen) atoms. The van der Waals surface area contributed by atoms with Gasteiger partial charge in [0.05, 0.1) is 0 Å². The van der Waals surface area contributed by atoms with E-state index in [1.165, 1.54) is 6.08 Å². The topological polar surface area (TPSA) is 49.4 Å². The van der Waals surface area contributed by atoms with Gasteiger partial charge in [-0.1, -0.05) is 53.2 Å².